The van der Waals surface area contributed by atoms with Crippen LogP contribution < -0.4 is 0 Å². The first-order valence-electron chi connectivity index (χ1n) is 4.22. The predicted molar refractivity (Wildman–Crippen MR) is 46.7 cm³/mol. The fourth-order valence-electron chi connectivity index (χ4n) is 1.46. The standard InChI is InChI=1S/C9H16N2/c1-5-8-7(3)11(4)10-9(8)6-2/h5-6H2,1-4H3. The van der Waals surface area contributed by atoms with E-state index in [1.165, 1.54) is 17.0 Å². The predicted octanol–water partition coefficient (Wildman–Crippen LogP) is 1.85. The maximum Gasteiger partial charge on any atom is 0.0656 e. The summed E-state index contributed by atoms with van der Waals surface area (Å²) in [6.07, 6.45) is 2.15. The van der Waals surface area contributed by atoms with E-state index in [1.807, 2.05) is 11.7 Å². The van der Waals surface area contributed by atoms with Gasteiger partial charge in [-0.2, -0.15) is 5.10 Å². The summed E-state index contributed by atoms with van der Waals surface area (Å²) in [4.78, 5) is 0. The highest BCUT2D eigenvalue weighted by Gasteiger charge is 2.07. The van der Waals surface area contributed by atoms with E-state index in [0.717, 1.165) is 12.8 Å². The molecule has 0 aliphatic heterocycles. The molecule has 0 fully saturated rings. The average molecular weight is 152 g/mol. The van der Waals surface area contributed by atoms with Gasteiger partial charge in [0.1, 0.15) is 0 Å². The molecule has 2 nitrogen and oxygen atoms in total. The summed E-state index contributed by atoms with van der Waals surface area (Å²) < 4.78 is 1.97. The van der Waals surface area contributed by atoms with Gasteiger partial charge in [0, 0.05) is 12.7 Å². The summed E-state index contributed by atoms with van der Waals surface area (Å²) in [5, 5.41) is 4.42. The van der Waals surface area contributed by atoms with Crippen LogP contribution in [0.2, 0.25) is 0 Å². The van der Waals surface area contributed by atoms with Gasteiger partial charge in [-0.05, 0) is 25.3 Å². The normalized spacial score (nSPS) is 10.5. The monoisotopic (exact) mass is 152 g/mol. The molecule has 2 heteroatoms. The number of hydrogen-bond acceptors (Lipinski definition) is 1. The van der Waals surface area contributed by atoms with Gasteiger partial charge in [-0.3, -0.25) is 4.68 Å². The molecule has 0 amide bonds. The summed E-state index contributed by atoms with van der Waals surface area (Å²) in [6, 6.07) is 0. The minimum Gasteiger partial charge on any atom is -0.272 e. The van der Waals surface area contributed by atoms with Crippen molar-refractivity contribution in [2.45, 2.75) is 33.6 Å². The molecular formula is C9H16N2. The molecular weight excluding hydrogens is 136 g/mol. The van der Waals surface area contributed by atoms with Crippen LogP contribution in [0.1, 0.15) is 30.8 Å². The fraction of sp³-hybridized carbons (Fsp3) is 0.667. The Morgan fingerprint density at radius 1 is 1.27 bits per heavy atom. The van der Waals surface area contributed by atoms with Gasteiger partial charge >= 0.3 is 0 Å². The summed E-state index contributed by atoms with van der Waals surface area (Å²) in [7, 11) is 2.01. The molecule has 0 bridgehead atoms. The van der Waals surface area contributed by atoms with Crippen LogP contribution in [-0.2, 0) is 19.9 Å². The third-order valence-electron chi connectivity index (χ3n) is 2.23. The smallest absolute Gasteiger partial charge is 0.0656 e. The van der Waals surface area contributed by atoms with Crippen LogP contribution in [0.25, 0.3) is 0 Å². The van der Waals surface area contributed by atoms with Gasteiger partial charge in [0.2, 0.25) is 0 Å². The number of nitrogens with zero attached hydrogens (tertiary/aromatic N) is 2. The largest absolute Gasteiger partial charge is 0.272 e. The second-order valence-electron chi connectivity index (χ2n) is 2.84. The van der Waals surface area contributed by atoms with Crippen LogP contribution in [-0.4, -0.2) is 9.78 Å². The van der Waals surface area contributed by atoms with E-state index < -0.39 is 0 Å². The van der Waals surface area contributed by atoms with E-state index in [9.17, 15) is 0 Å². The van der Waals surface area contributed by atoms with Crippen molar-refractivity contribution in [3.8, 4) is 0 Å². The first-order chi connectivity index (χ1) is 5.20. The molecule has 11 heavy (non-hydrogen) atoms. The van der Waals surface area contributed by atoms with Crippen molar-refractivity contribution in [1.29, 1.82) is 0 Å². The third-order valence-corrected chi connectivity index (χ3v) is 2.23. The summed E-state index contributed by atoms with van der Waals surface area (Å²) in [5.74, 6) is 0. The van der Waals surface area contributed by atoms with Crippen molar-refractivity contribution >= 4 is 0 Å². The van der Waals surface area contributed by atoms with Crippen LogP contribution in [0, 0.1) is 6.92 Å². The van der Waals surface area contributed by atoms with Gasteiger partial charge < -0.3 is 0 Å². The van der Waals surface area contributed by atoms with Crippen LogP contribution in [0.5, 0.6) is 0 Å². The molecule has 0 saturated heterocycles. The van der Waals surface area contributed by atoms with Crippen molar-refractivity contribution in [1.82, 2.24) is 9.78 Å². The maximum absolute atomic E-state index is 4.42. The molecule has 0 N–H and O–H groups in total. The molecule has 0 aliphatic rings. The van der Waals surface area contributed by atoms with Crippen LogP contribution in [0.4, 0.5) is 0 Å². The number of aromatic nitrogens is 2. The molecule has 0 atom stereocenters. The van der Waals surface area contributed by atoms with Crippen molar-refractivity contribution in [3.05, 3.63) is 17.0 Å². The Bertz CT molecular complexity index is 248. The van der Waals surface area contributed by atoms with E-state index in [2.05, 4.69) is 25.9 Å². The quantitative estimate of drug-likeness (QED) is 0.632. The highest BCUT2D eigenvalue weighted by molar-refractivity contribution is 5.25. The zero-order valence-corrected chi connectivity index (χ0v) is 7.81. The van der Waals surface area contributed by atoms with Crippen LogP contribution in [0.15, 0.2) is 0 Å². The van der Waals surface area contributed by atoms with Gasteiger partial charge in [-0.15, -0.1) is 0 Å². The molecule has 1 heterocycles. The SMILES string of the molecule is CCc1nn(C)c(C)c1CC. The molecule has 1 rings (SSSR count). The van der Waals surface area contributed by atoms with Crippen molar-refractivity contribution < 1.29 is 0 Å². The Labute approximate surface area is 68.2 Å². The summed E-state index contributed by atoms with van der Waals surface area (Å²) in [5.41, 5.74) is 3.99. The van der Waals surface area contributed by atoms with E-state index in [0.29, 0.717) is 0 Å². The Balaban J connectivity index is 3.15. The maximum atomic E-state index is 4.42. The minimum atomic E-state index is 1.05. The van der Waals surface area contributed by atoms with E-state index in [4.69, 9.17) is 0 Å². The molecule has 0 aromatic carbocycles. The van der Waals surface area contributed by atoms with Gasteiger partial charge in [0.25, 0.3) is 0 Å². The Morgan fingerprint density at radius 2 is 1.91 bits per heavy atom. The lowest BCUT2D eigenvalue weighted by Gasteiger charge is -1.95. The van der Waals surface area contributed by atoms with Crippen molar-refractivity contribution in [2.24, 2.45) is 7.05 Å². The van der Waals surface area contributed by atoms with Gasteiger partial charge in [-0.25, -0.2) is 0 Å². The minimum absolute atomic E-state index is 1.05. The van der Waals surface area contributed by atoms with Gasteiger partial charge in [-0.1, -0.05) is 13.8 Å². The first-order valence-corrected chi connectivity index (χ1v) is 4.22. The molecule has 0 spiro atoms. The van der Waals surface area contributed by atoms with Crippen LogP contribution in [0.3, 0.4) is 0 Å². The topological polar surface area (TPSA) is 17.8 Å². The lowest BCUT2D eigenvalue weighted by Crippen LogP contribution is -1.93. The number of aryl methyl sites for hydroxylation is 2. The second-order valence-corrected chi connectivity index (χ2v) is 2.84. The van der Waals surface area contributed by atoms with E-state index in [-0.39, 0.29) is 0 Å². The Hall–Kier alpha value is -0.790. The third kappa shape index (κ3) is 1.30. The second kappa shape index (κ2) is 3.07. The lowest BCUT2D eigenvalue weighted by atomic mass is 10.1. The molecule has 0 radical (unpaired) electrons. The fourth-order valence-corrected chi connectivity index (χ4v) is 1.46. The average Bonchev–Trinajstić information content (AvgIpc) is 2.28. The number of hydrogen-bond donors (Lipinski definition) is 0. The zero-order valence-electron chi connectivity index (χ0n) is 7.81. The summed E-state index contributed by atoms with van der Waals surface area (Å²) >= 11 is 0. The Kier molecular flexibility index (Phi) is 2.32. The zero-order chi connectivity index (χ0) is 8.43. The van der Waals surface area contributed by atoms with Crippen LogP contribution >= 0.6 is 0 Å². The molecule has 0 aliphatic carbocycles. The molecule has 62 valence electrons. The van der Waals surface area contributed by atoms with Crippen molar-refractivity contribution in [3.63, 3.8) is 0 Å². The molecule has 1 aromatic rings. The highest BCUT2D eigenvalue weighted by Crippen LogP contribution is 2.13. The first kappa shape index (κ1) is 8.31. The highest BCUT2D eigenvalue weighted by atomic mass is 15.3. The van der Waals surface area contributed by atoms with Gasteiger partial charge in [0.05, 0.1) is 5.69 Å². The Morgan fingerprint density at radius 3 is 2.27 bits per heavy atom. The lowest BCUT2D eigenvalue weighted by molar-refractivity contribution is 0.723. The van der Waals surface area contributed by atoms with Gasteiger partial charge in [0.15, 0.2) is 0 Å². The molecule has 0 unspecified atom stereocenters. The van der Waals surface area contributed by atoms with E-state index in [1.54, 1.807) is 0 Å². The summed E-state index contributed by atoms with van der Waals surface area (Å²) in [6.45, 7) is 6.47. The van der Waals surface area contributed by atoms with Crippen molar-refractivity contribution in [2.75, 3.05) is 0 Å². The van der Waals surface area contributed by atoms with E-state index >= 15 is 0 Å². The molecule has 0 saturated carbocycles. The molecule has 1 aromatic heterocycles. The number of rotatable bonds is 2.